The highest BCUT2D eigenvalue weighted by molar-refractivity contribution is 5.76. The molecular weight excluding hydrogens is 1020 g/mol. The van der Waals surface area contributed by atoms with Gasteiger partial charge in [-0.3, -0.25) is 4.79 Å². The fourth-order valence-electron chi connectivity index (χ4n) is 12.3. The zero-order chi connectivity index (χ0) is 59.3. The van der Waals surface area contributed by atoms with E-state index in [2.05, 4.69) is 31.3 Å². The highest BCUT2D eigenvalue weighted by Crippen LogP contribution is 2.24. The van der Waals surface area contributed by atoms with Gasteiger partial charge in [0.2, 0.25) is 5.91 Å². The molecule has 9 nitrogen and oxygen atoms in total. The summed E-state index contributed by atoms with van der Waals surface area (Å²) in [5.74, 6) is -0.135. The van der Waals surface area contributed by atoms with Crippen LogP contribution in [0.4, 0.5) is 0 Å². The van der Waals surface area contributed by atoms with Crippen LogP contribution in [0.5, 0.6) is 0 Å². The number of aliphatic hydroxyl groups excluding tert-OH is 5. The fourth-order valence-corrected chi connectivity index (χ4v) is 12.3. The molecule has 82 heavy (non-hydrogen) atoms. The van der Waals surface area contributed by atoms with Gasteiger partial charge in [-0.25, -0.2) is 0 Å². The minimum Gasteiger partial charge on any atom is -0.394 e. The summed E-state index contributed by atoms with van der Waals surface area (Å²) in [7, 11) is 0. The Balaban J connectivity index is 2.06. The van der Waals surface area contributed by atoms with Crippen LogP contribution in [0.3, 0.4) is 0 Å². The second-order valence-corrected chi connectivity index (χ2v) is 26.1. The molecule has 1 saturated heterocycles. The zero-order valence-electron chi connectivity index (χ0n) is 54.8. The van der Waals surface area contributed by atoms with E-state index in [1.807, 2.05) is 0 Å². The lowest BCUT2D eigenvalue weighted by Crippen LogP contribution is -2.60. The number of hydrogen-bond acceptors (Lipinski definition) is 8. The monoisotopic (exact) mass is 1160 g/mol. The van der Waals surface area contributed by atoms with Crippen molar-refractivity contribution >= 4 is 5.91 Å². The lowest BCUT2D eigenvalue weighted by atomic mass is 9.99. The van der Waals surface area contributed by atoms with Gasteiger partial charge in [-0.2, -0.15) is 0 Å². The molecule has 0 spiro atoms. The normalized spacial score (nSPS) is 18.3. The molecule has 488 valence electrons. The molecule has 0 aliphatic carbocycles. The molecule has 1 heterocycles. The van der Waals surface area contributed by atoms with Gasteiger partial charge in [-0.15, -0.1) is 0 Å². The van der Waals surface area contributed by atoms with E-state index in [-0.39, 0.29) is 12.5 Å². The molecule has 7 unspecified atom stereocenters. The first-order chi connectivity index (χ1) is 40.3. The second-order valence-electron chi connectivity index (χ2n) is 26.1. The Morgan fingerprint density at radius 1 is 0.402 bits per heavy atom. The van der Waals surface area contributed by atoms with Crippen molar-refractivity contribution in [2.75, 3.05) is 13.2 Å². The molecule has 1 amide bonds. The number of carbonyl (C=O) groups excluding carboxylic acids is 1. The number of hydrogen-bond donors (Lipinski definition) is 6. The maximum atomic E-state index is 13.2. The summed E-state index contributed by atoms with van der Waals surface area (Å²) in [6.45, 7) is 3.91. The summed E-state index contributed by atoms with van der Waals surface area (Å²) >= 11 is 0. The average molecular weight is 1160 g/mol. The molecule has 1 aliphatic heterocycles. The van der Waals surface area contributed by atoms with E-state index in [0.29, 0.717) is 12.8 Å². The van der Waals surface area contributed by atoms with Crippen molar-refractivity contribution < 1.29 is 39.8 Å². The van der Waals surface area contributed by atoms with Crippen LogP contribution in [0.25, 0.3) is 0 Å². The van der Waals surface area contributed by atoms with E-state index < -0.39 is 49.5 Å². The Bertz CT molecular complexity index is 1300. The van der Waals surface area contributed by atoms with Gasteiger partial charge in [-0.1, -0.05) is 360 Å². The number of carbonyl (C=O) groups is 1. The van der Waals surface area contributed by atoms with E-state index >= 15 is 0 Å². The summed E-state index contributed by atoms with van der Waals surface area (Å²) in [5, 5.41) is 55.0. The van der Waals surface area contributed by atoms with Gasteiger partial charge in [0.05, 0.1) is 25.4 Å². The highest BCUT2D eigenvalue weighted by atomic mass is 16.7. The van der Waals surface area contributed by atoms with Gasteiger partial charge >= 0.3 is 0 Å². The number of rotatable bonds is 66. The highest BCUT2D eigenvalue weighted by Gasteiger charge is 2.44. The topological polar surface area (TPSA) is 149 Å². The van der Waals surface area contributed by atoms with E-state index in [1.165, 1.54) is 327 Å². The van der Waals surface area contributed by atoms with E-state index in [1.54, 1.807) is 0 Å². The van der Waals surface area contributed by atoms with E-state index in [4.69, 9.17) is 9.47 Å². The predicted molar refractivity (Wildman–Crippen MR) is 351 cm³/mol. The summed E-state index contributed by atoms with van der Waals surface area (Å²) in [6, 6.07) is -0.717. The molecule has 1 aliphatic rings. The average Bonchev–Trinajstić information content (AvgIpc) is 3.52. The minimum absolute atomic E-state index is 0.132. The Morgan fingerprint density at radius 3 is 0.988 bits per heavy atom. The number of nitrogens with one attached hydrogen (secondary N) is 1. The first kappa shape index (κ1) is 78.9. The predicted octanol–water partition coefficient (Wildman–Crippen LogP) is 20.3. The molecule has 9 heteroatoms. The van der Waals surface area contributed by atoms with Gasteiger partial charge in [0.1, 0.15) is 24.4 Å². The van der Waals surface area contributed by atoms with Gasteiger partial charge in [0.15, 0.2) is 6.29 Å². The zero-order valence-corrected chi connectivity index (χ0v) is 54.8. The number of aliphatic hydroxyl groups is 5. The molecule has 0 bridgehead atoms. The van der Waals surface area contributed by atoms with Crippen LogP contribution in [-0.4, -0.2) is 87.5 Å². The van der Waals surface area contributed by atoms with E-state index in [0.717, 1.165) is 38.5 Å². The summed E-state index contributed by atoms with van der Waals surface area (Å²) in [6.07, 6.45) is 74.4. The Labute approximate surface area is 509 Å². The van der Waals surface area contributed by atoms with Crippen molar-refractivity contribution in [3.8, 4) is 0 Å². The molecule has 0 aromatic rings. The molecule has 1 fully saturated rings. The third-order valence-corrected chi connectivity index (χ3v) is 18.1. The quantitative estimate of drug-likeness (QED) is 0.0261. The van der Waals surface area contributed by atoms with E-state index in [9.17, 15) is 30.3 Å². The molecule has 0 aromatic carbocycles. The molecule has 1 rings (SSSR count). The van der Waals surface area contributed by atoms with Crippen molar-refractivity contribution in [3.63, 3.8) is 0 Å². The Morgan fingerprint density at radius 2 is 0.683 bits per heavy atom. The molecule has 0 aromatic heterocycles. The number of unbranched alkanes of at least 4 members (excludes halogenated alkanes) is 54. The van der Waals surface area contributed by atoms with Crippen molar-refractivity contribution in [1.82, 2.24) is 5.32 Å². The smallest absolute Gasteiger partial charge is 0.220 e. The summed E-state index contributed by atoms with van der Waals surface area (Å²) in [4.78, 5) is 13.2. The van der Waals surface area contributed by atoms with Crippen LogP contribution < -0.4 is 5.32 Å². The maximum absolute atomic E-state index is 13.2. The largest absolute Gasteiger partial charge is 0.394 e. The Kier molecular flexibility index (Phi) is 60.6. The van der Waals surface area contributed by atoms with Crippen LogP contribution >= 0.6 is 0 Å². The maximum Gasteiger partial charge on any atom is 0.220 e. The van der Waals surface area contributed by atoms with Crippen LogP contribution in [0.2, 0.25) is 0 Å². The third kappa shape index (κ3) is 51.0. The first-order valence-electron chi connectivity index (χ1n) is 36.9. The third-order valence-electron chi connectivity index (χ3n) is 18.1. The number of ether oxygens (including phenoxy) is 2. The van der Waals surface area contributed by atoms with Crippen LogP contribution in [0.15, 0.2) is 12.2 Å². The van der Waals surface area contributed by atoms with Gasteiger partial charge in [0, 0.05) is 6.42 Å². The van der Waals surface area contributed by atoms with Crippen molar-refractivity contribution in [3.05, 3.63) is 12.2 Å². The molecule has 0 saturated carbocycles. The molecule has 7 atom stereocenters. The van der Waals surface area contributed by atoms with Crippen LogP contribution in [0.1, 0.15) is 393 Å². The number of amides is 1. The SMILES string of the molecule is CCCCCCCCCCCCCCCC/C=C\CCCCCCCCCCCCCCCCCCCC(=O)NC(COC1OC(CO)C(O)C(O)C1O)C(O)CCCCCCCCCCCCCCCCCCCCCCCCCC. The van der Waals surface area contributed by atoms with Gasteiger partial charge < -0.3 is 40.3 Å². The van der Waals surface area contributed by atoms with Crippen molar-refractivity contribution in [1.29, 1.82) is 0 Å². The van der Waals surface area contributed by atoms with Gasteiger partial charge in [0.25, 0.3) is 0 Å². The lowest BCUT2D eigenvalue weighted by Gasteiger charge is -2.40. The number of allylic oxidation sites excluding steroid dienone is 2. The fraction of sp³-hybridized carbons (Fsp3) is 0.959. The van der Waals surface area contributed by atoms with Crippen molar-refractivity contribution in [2.45, 2.75) is 436 Å². The minimum atomic E-state index is -1.55. The summed E-state index contributed by atoms with van der Waals surface area (Å²) < 4.78 is 11.4. The lowest BCUT2D eigenvalue weighted by molar-refractivity contribution is -0.302. The van der Waals surface area contributed by atoms with Crippen LogP contribution in [-0.2, 0) is 14.3 Å². The Hall–Kier alpha value is -1.07. The standard InChI is InChI=1S/C73H143NO8/c1-3-5-7-9-11-13-15-17-19-21-23-25-27-29-30-31-32-33-34-35-36-37-38-39-41-43-45-47-49-51-53-55-57-59-61-63-69(77)74-66(65-81-73-72(80)71(79)70(78)68(64-75)82-73)67(76)62-60-58-56-54-52-50-48-46-44-42-40-28-26-24-22-20-18-16-14-12-10-8-6-4-2/h31-32,66-68,70-73,75-76,78-80H,3-30,33-65H2,1-2H3,(H,74,77)/b32-31-. The second kappa shape index (κ2) is 63.0. The molecule has 6 N–H and O–H groups in total. The molecule has 0 radical (unpaired) electrons. The van der Waals surface area contributed by atoms with Crippen LogP contribution in [0, 0.1) is 0 Å². The molecular formula is C73H143NO8. The van der Waals surface area contributed by atoms with Crippen molar-refractivity contribution in [2.24, 2.45) is 0 Å². The summed E-state index contributed by atoms with van der Waals surface area (Å²) in [5.41, 5.74) is 0. The first-order valence-corrected chi connectivity index (χ1v) is 36.9. The van der Waals surface area contributed by atoms with Gasteiger partial charge in [-0.05, 0) is 38.5 Å².